The minimum Gasteiger partial charge on any atom is -0.333 e. The molecule has 0 atom stereocenters. The molecule has 1 aromatic heterocycles. The Balaban J connectivity index is 2.55. The minimum atomic E-state index is -0.0128. The van der Waals surface area contributed by atoms with E-state index in [1.54, 1.807) is 13.2 Å². The molecule has 1 aromatic rings. The van der Waals surface area contributed by atoms with Gasteiger partial charge in [0, 0.05) is 18.9 Å². The number of likely N-dealkylation sites (N-methyl/N-ethyl adjacent to an activating group) is 1. The summed E-state index contributed by atoms with van der Waals surface area (Å²) < 4.78 is 0. The van der Waals surface area contributed by atoms with Gasteiger partial charge in [0.2, 0.25) is 5.91 Å². The van der Waals surface area contributed by atoms with Gasteiger partial charge in [0.05, 0.1) is 13.1 Å². The fourth-order valence-electron chi connectivity index (χ4n) is 0.894. The maximum atomic E-state index is 11.3. The van der Waals surface area contributed by atoms with E-state index in [9.17, 15) is 4.79 Å². The van der Waals surface area contributed by atoms with Gasteiger partial charge in [-0.1, -0.05) is 6.07 Å². The molecule has 4 nitrogen and oxygen atoms in total. The molecule has 0 aromatic carbocycles. The van der Waals surface area contributed by atoms with Crippen molar-refractivity contribution in [1.82, 2.24) is 9.88 Å². The van der Waals surface area contributed by atoms with Crippen molar-refractivity contribution in [2.75, 3.05) is 13.7 Å². The van der Waals surface area contributed by atoms with Crippen LogP contribution in [-0.4, -0.2) is 29.5 Å². The van der Waals surface area contributed by atoms with Gasteiger partial charge in [-0.05, 0) is 12.1 Å². The quantitative estimate of drug-likeness (QED) is 0.664. The van der Waals surface area contributed by atoms with Gasteiger partial charge < -0.3 is 10.6 Å². The van der Waals surface area contributed by atoms with Crippen LogP contribution in [0.1, 0.15) is 5.69 Å². The molecule has 0 aliphatic carbocycles. The van der Waals surface area contributed by atoms with Crippen LogP contribution in [0.25, 0.3) is 0 Å². The van der Waals surface area contributed by atoms with Crippen LogP contribution >= 0.6 is 0 Å². The molecule has 1 rings (SSSR count). The lowest BCUT2D eigenvalue weighted by atomic mass is 10.2. The Morgan fingerprint density at radius 1 is 1.62 bits per heavy atom. The van der Waals surface area contributed by atoms with Gasteiger partial charge in [-0.2, -0.15) is 0 Å². The average molecular weight is 179 g/mol. The summed E-state index contributed by atoms with van der Waals surface area (Å²) >= 11 is 0. The van der Waals surface area contributed by atoms with E-state index < -0.39 is 0 Å². The topological polar surface area (TPSA) is 59.2 Å². The van der Waals surface area contributed by atoms with Crippen LogP contribution in [0.3, 0.4) is 0 Å². The average Bonchev–Trinajstić information content (AvgIpc) is 2.18. The third-order valence-electron chi connectivity index (χ3n) is 1.76. The van der Waals surface area contributed by atoms with Gasteiger partial charge in [-0.25, -0.2) is 0 Å². The molecule has 13 heavy (non-hydrogen) atoms. The Bertz CT molecular complexity index is 273. The lowest BCUT2D eigenvalue weighted by molar-refractivity contribution is -0.129. The highest BCUT2D eigenvalue weighted by Gasteiger charge is 2.07. The Kier molecular flexibility index (Phi) is 3.40. The molecule has 1 heterocycles. The normalized spacial score (nSPS) is 9.69. The third-order valence-corrected chi connectivity index (χ3v) is 1.76. The molecule has 0 aliphatic heterocycles. The number of carbonyl (C=O) groups excluding carboxylic acids is 1. The predicted molar refractivity (Wildman–Crippen MR) is 49.8 cm³/mol. The largest absolute Gasteiger partial charge is 0.333 e. The summed E-state index contributed by atoms with van der Waals surface area (Å²) in [6.07, 6.45) is 1.99. The number of hydrogen-bond donors (Lipinski definition) is 1. The first kappa shape index (κ1) is 9.67. The molecule has 2 N–H and O–H groups in total. The molecule has 0 radical (unpaired) electrons. The lowest BCUT2D eigenvalue weighted by Gasteiger charge is -2.13. The van der Waals surface area contributed by atoms with E-state index >= 15 is 0 Å². The Hall–Kier alpha value is -1.42. The Labute approximate surface area is 77.4 Å². The van der Waals surface area contributed by atoms with Gasteiger partial charge >= 0.3 is 0 Å². The summed E-state index contributed by atoms with van der Waals surface area (Å²) in [5, 5.41) is 0. The van der Waals surface area contributed by atoms with Crippen molar-refractivity contribution in [2.45, 2.75) is 6.42 Å². The van der Waals surface area contributed by atoms with Crippen molar-refractivity contribution in [3.8, 4) is 0 Å². The molecule has 0 bridgehead atoms. The summed E-state index contributed by atoms with van der Waals surface area (Å²) in [5.74, 6) is -0.0128. The van der Waals surface area contributed by atoms with Crippen molar-refractivity contribution in [2.24, 2.45) is 5.73 Å². The highest BCUT2D eigenvalue weighted by atomic mass is 16.2. The third kappa shape index (κ3) is 2.83. The zero-order valence-electron chi connectivity index (χ0n) is 7.60. The molecule has 1 amide bonds. The van der Waals surface area contributed by atoms with Gasteiger partial charge in [0.1, 0.15) is 0 Å². The molecule has 0 saturated carbocycles. The monoisotopic (exact) mass is 179 g/mol. The molecule has 0 unspecified atom stereocenters. The van der Waals surface area contributed by atoms with Crippen molar-refractivity contribution in [3.63, 3.8) is 0 Å². The van der Waals surface area contributed by atoms with Gasteiger partial charge in [0.25, 0.3) is 0 Å². The molecule has 0 aliphatic rings. The minimum absolute atomic E-state index is 0.0128. The van der Waals surface area contributed by atoms with E-state index in [1.807, 2.05) is 18.2 Å². The lowest BCUT2D eigenvalue weighted by Crippen LogP contribution is -2.33. The second-order valence-electron chi connectivity index (χ2n) is 2.77. The summed E-state index contributed by atoms with van der Waals surface area (Å²) in [4.78, 5) is 16.9. The molecular weight excluding hydrogens is 166 g/mol. The van der Waals surface area contributed by atoms with Crippen molar-refractivity contribution >= 4 is 5.91 Å². The molecule has 0 fully saturated rings. The molecule has 4 heteroatoms. The summed E-state index contributed by atoms with van der Waals surface area (Å²) in [6.45, 7) is 0.242. The van der Waals surface area contributed by atoms with Gasteiger partial charge in [-0.15, -0.1) is 0 Å². The Morgan fingerprint density at radius 2 is 2.38 bits per heavy atom. The number of carbonyl (C=O) groups is 1. The fraction of sp³-hybridized carbons (Fsp3) is 0.333. The van der Waals surface area contributed by atoms with Crippen molar-refractivity contribution in [1.29, 1.82) is 0 Å². The van der Waals surface area contributed by atoms with Crippen molar-refractivity contribution < 1.29 is 4.79 Å². The molecule has 70 valence electrons. The first-order valence-electron chi connectivity index (χ1n) is 4.08. The first-order valence-corrected chi connectivity index (χ1v) is 4.08. The number of nitrogens with two attached hydrogens (primary N) is 1. The Morgan fingerprint density at radius 3 is 2.92 bits per heavy atom. The van der Waals surface area contributed by atoms with Crippen molar-refractivity contribution in [3.05, 3.63) is 30.1 Å². The smallest absolute Gasteiger partial charge is 0.229 e. The van der Waals surface area contributed by atoms with Crippen LogP contribution in [0.5, 0.6) is 0 Å². The maximum Gasteiger partial charge on any atom is 0.229 e. The van der Waals surface area contributed by atoms with Gasteiger partial charge in [0.15, 0.2) is 0 Å². The van der Waals surface area contributed by atoms with Crippen LogP contribution in [-0.2, 0) is 11.2 Å². The van der Waals surface area contributed by atoms with Crippen LogP contribution in [0.15, 0.2) is 24.4 Å². The fourth-order valence-corrected chi connectivity index (χ4v) is 0.894. The first-order chi connectivity index (χ1) is 6.24. The molecular formula is C9H13N3O. The summed E-state index contributed by atoms with van der Waals surface area (Å²) in [6, 6.07) is 5.50. The van der Waals surface area contributed by atoms with E-state index in [1.165, 1.54) is 4.90 Å². The number of rotatable bonds is 3. The number of nitrogens with zero attached hydrogens (tertiary/aromatic N) is 2. The highest BCUT2D eigenvalue weighted by molar-refractivity contribution is 5.77. The van der Waals surface area contributed by atoms with Crippen LogP contribution in [0, 0.1) is 0 Å². The van der Waals surface area contributed by atoms with E-state index in [4.69, 9.17) is 5.73 Å². The van der Waals surface area contributed by atoms with E-state index in [0.29, 0.717) is 6.42 Å². The number of hydrogen-bond acceptors (Lipinski definition) is 3. The second-order valence-corrected chi connectivity index (χ2v) is 2.77. The van der Waals surface area contributed by atoms with E-state index in [0.717, 1.165) is 5.69 Å². The predicted octanol–water partition coefficient (Wildman–Crippen LogP) is -0.00130. The second kappa shape index (κ2) is 4.57. The number of aromatic nitrogens is 1. The zero-order valence-corrected chi connectivity index (χ0v) is 7.60. The molecule has 0 spiro atoms. The number of pyridine rings is 1. The molecule has 0 saturated heterocycles. The van der Waals surface area contributed by atoms with Crippen LogP contribution < -0.4 is 5.73 Å². The SMILES string of the molecule is CN(CN)C(=O)Cc1ccccn1. The van der Waals surface area contributed by atoms with E-state index in [-0.39, 0.29) is 12.6 Å². The van der Waals surface area contributed by atoms with Gasteiger partial charge in [-0.3, -0.25) is 9.78 Å². The standard InChI is InChI=1S/C9H13N3O/c1-12(7-10)9(13)6-8-4-2-3-5-11-8/h2-5H,6-7,10H2,1H3. The maximum absolute atomic E-state index is 11.3. The van der Waals surface area contributed by atoms with Crippen LogP contribution in [0.2, 0.25) is 0 Å². The van der Waals surface area contributed by atoms with E-state index in [2.05, 4.69) is 4.98 Å². The highest BCUT2D eigenvalue weighted by Crippen LogP contribution is 1.96. The summed E-state index contributed by atoms with van der Waals surface area (Å²) in [5.41, 5.74) is 6.08. The van der Waals surface area contributed by atoms with Crippen LogP contribution in [0.4, 0.5) is 0 Å². The number of amides is 1. The zero-order chi connectivity index (χ0) is 9.68. The summed E-state index contributed by atoms with van der Waals surface area (Å²) in [7, 11) is 1.67.